The third-order valence-corrected chi connectivity index (χ3v) is 5.57. The Labute approximate surface area is 133 Å². The van der Waals surface area contributed by atoms with Crippen molar-refractivity contribution in [2.45, 2.75) is 18.7 Å². The zero-order valence-electron chi connectivity index (χ0n) is 12.3. The molecule has 1 aromatic heterocycles. The molecular formula is C13H15ClN4O3S. The maximum absolute atomic E-state index is 12.3. The molecule has 7 nitrogen and oxygen atoms in total. The number of amides is 1. The Balaban J connectivity index is 2.47. The van der Waals surface area contributed by atoms with E-state index in [-0.39, 0.29) is 27.2 Å². The summed E-state index contributed by atoms with van der Waals surface area (Å²) in [5, 5.41) is 6.53. The Bertz CT molecular complexity index is 830. The number of carbonyl (C=O) groups excluding carboxylic acids is 1. The van der Waals surface area contributed by atoms with Gasteiger partial charge in [-0.05, 0) is 24.6 Å². The summed E-state index contributed by atoms with van der Waals surface area (Å²) in [7, 11) is -1.90. The molecule has 0 saturated heterocycles. The third kappa shape index (κ3) is 2.97. The summed E-state index contributed by atoms with van der Waals surface area (Å²) in [6.45, 7) is 3.08. The van der Waals surface area contributed by atoms with Crippen LogP contribution in [-0.4, -0.2) is 34.8 Å². The molecule has 22 heavy (non-hydrogen) atoms. The Morgan fingerprint density at radius 1 is 1.41 bits per heavy atom. The predicted molar refractivity (Wildman–Crippen MR) is 82.9 cm³/mol. The topological polar surface area (TPSA) is 93.9 Å². The van der Waals surface area contributed by atoms with Gasteiger partial charge in [0, 0.05) is 12.6 Å². The normalized spacial score (nSPS) is 11.5. The van der Waals surface area contributed by atoms with Crippen LogP contribution in [0.1, 0.15) is 22.8 Å². The van der Waals surface area contributed by atoms with E-state index in [1.54, 1.807) is 14.0 Å². The summed E-state index contributed by atoms with van der Waals surface area (Å²) in [6, 6.07) is 2.89. The molecule has 1 heterocycles. The van der Waals surface area contributed by atoms with Crippen LogP contribution in [0.4, 0.5) is 5.95 Å². The number of hydrogen-bond acceptors (Lipinski definition) is 5. The Morgan fingerprint density at radius 2 is 2.09 bits per heavy atom. The smallest absolute Gasteiger partial charge is 0.258 e. The first-order valence-corrected chi connectivity index (χ1v) is 8.48. The van der Waals surface area contributed by atoms with Crippen LogP contribution in [0.25, 0.3) is 0 Å². The van der Waals surface area contributed by atoms with Gasteiger partial charge in [0.1, 0.15) is 6.33 Å². The highest BCUT2D eigenvalue weighted by Crippen LogP contribution is 2.29. The number of nitrogens with one attached hydrogen (secondary N) is 1. The summed E-state index contributed by atoms with van der Waals surface area (Å²) in [6.07, 6.45) is 1.30. The molecule has 1 N–H and O–H groups in total. The van der Waals surface area contributed by atoms with Crippen molar-refractivity contribution in [1.29, 1.82) is 0 Å². The molecule has 2 aromatic rings. The zero-order valence-corrected chi connectivity index (χ0v) is 13.9. The first-order chi connectivity index (χ1) is 10.3. The van der Waals surface area contributed by atoms with Crippen molar-refractivity contribution in [2.75, 3.05) is 11.1 Å². The van der Waals surface area contributed by atoms with E-state index >= 15 is 0 Å². The molecule has 0 unspecified atom stereocenters. The molecule has 1 amide bonds. The van der Waals surface area contributed by atoms with Gasteiger partial charge in [-0.2, -0.15) is 10.1 Å². The quantitative estimate of drug-likeness (QED) is 0.914. The van der Waals surface area contributed by atoms with E-state index in [4.69, 9.17) is 11.6 Å². The molecule has 0 fully saturated rings. The highest BCUT2D eigenvalue weighted by Gasteiger charge is 2.23. The Hall–Kier alpha value is -1.93. The van der Waals surface area contributed by atoms with E-state index in [2.05, 4.69) is 15.4 Å². The second kappa shape index (κ2) is 6.05. The van der Waals surface area contributed by atoms with Crippen molar-refractivity contribution in [3.05, 3.63) is 34.6 Å². The van der Waals surface area contributed by atoms with Crippen LogP contribution in [0.2, 0.25) is 5.02 Å². The minimum absolute atomic E-state index is 0.0118. The standard InChI is InChI=1S/C13H15ClN4O3S/c1-4-22(20,21)11-8(2)9(5-6-10(11)14)12(19)17-13-15-7-16-18(13)3/h5-7H,4H2,1-3H3,(H,15,16,17,19). The largest absolute Gasteiger partial charge is 0.291 e. The van der Waals surface area contributed by atoms with E-state index in [0.29, 0.717) is 5.56 Å². The number of benzene rings is 1. The maximum Gasteiger partial charge on any atom is 0.258 e. The molecule has 0 radical (unpaired) electrons. The minimum atomic E-state index is -3.53. The van der Waals surface area contributed by atoms with Crippen LogP contribution in [-0.2, 0) is 16.9 Å². The van der Waals surface area contributed by atoms with Crippen LogP contribution < -0.4 is 5.32 Å². The van der Waals surface area contributed by atoms with Crippen molar-refractivity contribution in [3.8, 4) is 0 Å². The number of carbonyl (C=O) groups is 1. The average Bonchev–Trinajstić information content (AvgIpc) is 2.84. The number of hydrogen-bond donors (Lipinski definition) is 1. The summed E-state index contributed by atoms with van der Waals surface area (Å²) < 4.78 is 25.7. The number of sulfone groups is 1. The lowest BCUT2D eigenvalue weighted by molar-refractivity contribution is 0.102. The summed E-state index contributed by atoms with van der Waals surface area (Å²) >= 11 is 6.00. The van der Waals surface area contributed by atoms with Gasteiger partial charge in [0.15, 0.2) is 9.84 Å². The lowest BCUT2D eigenvalue weighted by Crippen LogP contribution is -2.18. The molecule has 2 rings (SSSR count). The molecule has 0 aliphatic rings. The number of halogens is 1. The Morgan fingerprint density at radius 3 is 2.64 bits per heavy atom. The molecule has 0 bridgehead atoms. The SMILES string of the molecule is CCS(=O)(=O)c1c(Cl)ccc(C(=O)Nc2ncnn2C)c1C. The number of rotatable bonds is 4. The first kappa shape index (κ1) is 16.4. The fraction of sp³-hybridized carbons (Fsp3) is 0.308. The van der Waals surface area contributed by atoms with Gasteiger partial charge in [0.05, 0.1) is 15.7 Å². The van der Waals surface area contributed by atoms with Crippen LogP contribution in [0, 0.1) is 6.92 Å². The van der Waals surface area contributed by atoms with Crippen molar-refractivity contribution < 1.29 is 13.2 Å². The van der Waals surface area contributed by atoms with Crippen LogP contribution >= 0.6 is 11.6 Å². The van der Waals surface area contributed by atoms with E-state index in [1.165, 1.54) is 30.1 Å². The number of aryl methyl sites for hydroxylation is 1. The van der Waals surface area contributed by atoms with Crippen molar-refractivity contribution >= 4 is 33.3 Å². The molecule has 0 spiro atoms. The highest BCUT2D eigenvalue weighted by atomic mass is 35.5. The Kier molecular flexibility index (Phi) is 4.52. The van der Waals surface area contributed by atoms with Crippen molar-refractivity contribution in [2.24, 2.45) is 7.05 Å². The van der Waals surface area contributed by atoms with Gasteiger partial charge in [-0.15, -0.1) is 0 Å². The van der Waals surface area contributed by atoms with Crippen molar-refractivity contribution in [3.63, 3.8) is 0 Å². The summed E-state index contributed by atoms with van der Waals surface area (Å²) in [4.78, 5) is 16.2. The monoisotopic (exact) mass is 342 g/mol. The minimum Gasteiger partial charge on any atom is -0.291 e. The van der Waals surface area contributed by atoms with Gasteiger partial charge in [-0.25, -0.2) is 13.1 Å². The summed E-state index contributed by atoms with van der Waals surface area (Å²) in [5.41, 5.74) is 0.536. The van der Waals surface area contributed by atoms with E-state index in [1.807, 2.05) is 0 Å². The fourth-order valence-corrected chi connectivity index (χ4v) is 3.80. The highest BCUT2D eigenvalue weighted by molar-refractivity contribution is 7.91. The average molecular weight is 343 g/mol. The second-order valence-electron chi connectivity index (χ2n) is 4.61. The van der Waals surface area contributed by atoms with Gasteiger partial charge in [0.25, 0.3) is 5.91 Å². The van der Waals surface area contributed by atoms with E-state index in [9.17, 15) is 13.2 Å². The van der Waals surface area contributed by atoms with Crippen LogP contribution in [0.3, 0.4) is 0 Å². The fourth-order valence-electron chi connectivity index (χ4n) is 2.01. The number of anilines is 1. The third-order valence-electron chi connectivity index (χ3n) is 3.23. The number of aromatic nitrogens is 3. The molecule has 118 valence electrons. The molecule has 0 aliphatic heterocycles. The lowest BCUT2D eigenvalue weighted by atomic mass is 10.1. The van der Waals surface area contributed by atoms with E-state index in [0.717, 1.165) is 0 Å². The van der Waals surface area contributed by atoms with Gasteiger partial charge >= 0.3 is 0 Å². The van der Waals surface area contributed by atoms with Gasteiger partial charge in [0.2, 0.25) is 5.95 Å². The molecule has 1 aromatic carbocycles. The molecule has 0 saturated carbocycles. The molecular weight excluding hydrogens is 328 g/mol. The van der Waals surface area contributed by atoms with Crippen LogP contribution in [0.15, 0.2) is 23.4 Å². The summed E-state index contributed by atoms with van der Waals surface area (Å²) in [5.74, 6) is -0.306. The second-order valence-corrected chi connectivity index (χ2v) is 7.24. The van der Waals surface area contributed by atoms with Gasteiger partial charge in [-0.1, -0.05) is 18.5 Å². The lowest BCUT2D eigenvalue weighted by Gasteiger charge is -2.12. The van der Waals surface area contributed by atoms with Crippen molar-refractivity contribution in [1.82, 2.24) is 14.8 Å². The maximum atomic E-state index is 12.3. The zero-order chi connectivity index (χ0) is 16.5. The van der Waals surface area contributed by atoms with Gasteiger partial charge < -0.3 is 0 Å². The number of nitrogens with zero attached hydrogens (tertiary/aromatic N) is 3. The molecule has 9 heteroatoms. The molecule has 0 atom stereocenters. The first-order valence-electron chi connectivity index (χ1n) is 6.45. The molecule has 0 aliphatic carbocycles. The predicted octanol–water partition coefficient (Wildman–Crippen LogP) is 1.82. The van der Waals surface area contributed by atoms with Crippen LogP contribution in [0.5, 0.6) is 0 Å². The van der Waals surface area contributed by atoms with Gasteiger partial charge in [-0.3, -0.25) is 10.1 Å². The van der Waals surface area contributed by atoms with E-state index < -0.39 is 15.7 Å².